The van der Waals surface area contributed by atoms with E-state index in [1.165, 1.54) is 0 Å². The van der Waals surface area contributed by atoms with Crippen molar-refractivity contribution in [3.8, 4) is 0 Å². The largest absolute Gasteiger partial charge is 0.481 e. The summed E-state index contributed by atoms with van der Waals surface area (Å²) in [5.41, 5.74) is 4.31. The Labute approximate surface area is 75.9 Å². The van der Waals surface area contributed by atoms with Gasteiger partial charge in [-0.25, -0.2) is 0 Å². The number of carboxylic acid groups (broad SMARTS) is 1. The number of carbonyl (C=O) groups is 2. The minimum atomic E-state index is -0.985. The summed E-state index contributed by atoms with van der Waals surface area (Å²) < 4.78 is 5.06. The molecule has 0 spiro atoms. The molecule has 1 amide bonds. The third-order valence-electron chi connectivity index (χ3n) is 2.46. The van der Waals surface area contributed by atoms with Crippen LogP contribution >= 0.6 is 0 Å². The van der Waals surface area contributed by atoms with Crippen LogP contribution in [0.1, 0.15) is 19.3 Å². The molecule has 74 valence electrons. The summed E-state index contributed by atoms with van der Waals surface area (Å²) in [4.78, 5) is 21.6. The summed E-state index contributed by atoms with van der Waals surface area (Å²) in [6.45, 7) is 0.826. The monoisotopic (exact) mass is 187 g/mol. The molecule has 13 heavy (non-hydrogen) atoms. The van der Waals surface area contributed by atoms with E-state index in [0.717, 1.165) is 0 Å². The van der Waals surface area contributed by atoms with Crippen molar-refractivity contribution in [2.24, 2.45) is 11.1 Å². The maximum Gasteiger partial charge on any atom is 0.304 e. The number of carboxylic acids is 1. The van der Waals surface area contributed by atoms with Crippen LogP contribution in [0.4, 0.5) is 0 Å². The smallest absolute Gasteiger partial charge is 0.304 e. The maximum atomic E-state index is 11.1. The van der Waals surface area contributed by atoms with Gasteiger partial charge in [0.15, 0.2) is 0 Å². The van der Waals surface area contributed by atoms with E-state index in [-0.39, 0.29) is 6.42 Å². The molecule has 3 N–H and O–H groups in total. The third-order valence-corrected chi connectivity index (χ3v) is 2.46. The molecule has 1 aliphatic heterocycles. The third kappa shape index (κ3) is 2.18. The first-order chi connectivity index (χ1) is 6.07. The van der Waals surface area contributed by atoms with Gasteiger partial charge in [-0.2, -0.15) is 0 Å². The van der Waals surface area contributed by atoms with Crippen LogP contribution in [0.15, 0.2) is 0 Å². The molecule has 0 radical (unpaired) electrons. The molecule has 0 unspecified atom stereocenters. The van der Waals surface area contributed by atoms with E-state index in [1.54, 1.807) is 0 Å². The van der Waals surface area contributed by atoms with Crippen LogP contribution in [0, 0.1) is 5.41 Å². The maximum absolute atomic E-state index is 11.1. The van der Waals surface area contributed by atoms with Crippen molar-refractivity contribution in [1.82, 2.24) is 0 Å². The van der Waals surface area contributed by atoms with Gasteiger partial charge in [0.1, 0.15) is 0 Å². The van der Waals surface area contributed by atoms with Crippen LogP contribution < -0.4 is 5.73 Å². The molecule has 1 fully saturated rings. The highest BCUT2D eigenvalue weighted by Crippen LogP contribution is 2.33. The van der Waals surface area contributed by atoms with Gasteiger partial charge in [-0.1, -0.05) is 0 Å². The first kappa shape index (κ1) is 9.98. The highest BCUT2D eigenvalue weighted by Gasteiger charge is 2.40. The molecule has 0 saturated carbocycles. The average molecular weight is 187 g/mol. The van der Waals surface area contributed by atoms with Gasteiger partial charge in [0.2, 0.25) is 5.91 Å². The Balaban J connectivity index is 2.73. The van der Waals surface area contributed by atoms with E-state index in [2.05, 4.69) is 0 Å². The summed E-state index contributed by atoms with van der Waals surface area (Å²) in [5.74, 6) is -1.51. The minimum Gasteiger partial charge on any atom is -0.481 e. The first-order valence-electron chi connectivity index (χ1n) is 4.16. The quantitative estimate of drug-likeness (QED) is 0.637. The number of aliphatic carboxylic acids is 1. The molecule has 5 heteroatoms. The second-order valence-electron chi connectivity index (χ2n) is 3.33. The Morgan fingerprint density at radius 2 is 1.92 bits per heavy atom. The van der Waals surface area contributed by atoms with Gasteiger partial charge < -0.3 is 15.6 Å². The lowest BCUT2D eigenvalue weighted by atomic mass is 9.77. The highest BCUT2D eigenvalue weighted by molar-refractivity contribution is 5.85. The Morgan fingerprint density at radius 1 is 1.38 bits per heavy atom. The van der Waals surface area contributed by atoms with E-state index in [1.807, 2.05) is 0 Å². The van der Waals surface area contributed by atoms with E-state index in [0.29, 0.717) is 26.1 Å². The SMILES string of the molecule is NC(=O)C1(CC(=O)O)CCOCC1. The van der Waals surface area contributed by atoms with Crippen molar-refractivity contribution in [1.29, 1.82) is 0 Å². The molecule has 0 aromatic rings. The Kier molecular flexibility index (Phi) is 2.87. The zero-order chi connectivity index (χ0) is 9.90. The van der Waals surface area contributed by atoms with Crippen LogP contribution in [0.5, 0.6) is 0 Å². The minimum absolute atomic E-state index is 0.189. The highest BCUT2D eigenvalue weighted by atomic mass is 16.5. The second kappa shape index (κ2) is 3.74. The standard InChI is InChI=1S/C8H13NO4/c9-7(12)8(5-6(10)11)1-3-13-4-2-8/h1-5H2,(H2,9,12)(H,10,11). The first-order valence-corrected chi connectivity index (χ1v) is 4.16. The normalized spacial score (nSPS) is 20.9. The molecule has 0 bridgehead atoms. The molecule has 1 rings (SSSR count). The fraction of sp³-hybridized carbons (Fsp3) is 0.750. The van der Waals surface area contributed by atoms with Crippen molar-refractivity contribution in [2.75, 3.05) is 13.2 Å². The molecule has 0 aromatic heterocycles. The molecule has 5 nitrogen and oxygen atoms in total. The van der Waals surface area contributed by atoms with Gasteiger partial charge in [-0.05, 0) is 12.8 Å². The van der Waals surface area contributed by atoms with Gasteiger partial charge in [0.05, 0.1) is 11.8 Å². The van der Waals surface area contributed by atoms with Gasteiger partial charge >= 0.3 is 5.97 Å². The fourth-order valence-electron chi connectivity index (χ4n) is 1.56. The Hall–Kier alpha value is -1.10. The van der Waals surface area contributed by atoms with Gasteiger partial charge in [0.25, 0.3) is 0 Å². The molecule has 0 aliphatic carbocycles. The van der Waals surface area contributed by atoms with E-state index >= 15 is 0 Å². The summed E-state index contributed by atoms with van der Waals surface area (Å²) in [7, 11) is 0. The summed E-state index contributed by atoms with van der Waals surface area (Å²) in [6.07, 6.45) is 0.634. The molecular weight excluding hydrogens is 174 g/mol. The van der Waals surface area contributed by atoms with Crippen LogP contribution in [0.3, 0.4) is 0 Å². The molecule has 0 aromatic carbocycles. The van der Waals surface area contributed by atoms with Gasteiger partial charge in [-0.15, -0.1) is 0 Å². The number of hydrogen-bond donors (Lipinski definition) is 2. The molecular formula is C8H13NO4. The summed E-state index contributed by atoms with van der Waals surface area (Å²) in [6, 6.07) is 0. The Morgan fingerprint density at radius 3 is 2.31 bits per heavy atom. The Bertz CT molecular complexity index is 220. The molecule has 1 saturated heterocycles. The zero-order valence-electron chi connectivity index (χ0n) is 7.28. The number of hydrogen-bond acceptors (Lipinski definition) is 3. The number of primary amides is 1. The predicted octanol–water partition coefficient (Wildman–Crippen LogP) is -0.257. The summed E-state index contributed by atoms with van der Waals surface area (Å²) in [5, 5.41) is 8.63. The van der Waals surface area contributed by atoms with Crippen LogP contribution in [0.2, 0.25) is 0 Å². The van der Waals surface area contributed by atoms with Gasteiger partial charge in [0, 0.05) is 13.2 Å². The zero-order valence-corrected chi connectivity index (χ0v) is 7.28. The van der Waals surface area contributed by atoms with Crippen molar-refractivity contribution >= 4 is 11.9 Å². The van der Waals surface area contributed by atoms with E-state index in [4.69, 9.17) is 15.6 Å². The lowest BCUT2D eigenvalue weighted by Gasteiger charge is -2.32. The van der Waals surface area contributed by atoms with Crippen molar-refractivity contribution in [2.45, 2.75) is 19.3 Å². The number of ether oxygens (including phenoxy) is 1. The molecule has 1 heterocycles. The average Bonchev–Trinajstić information content (AvgIpc) is 2.04. The topological polar surface area (TPSA) is 89.6 Å². The lowest BCUT2D eigenvalue weighted by Crippen LogP contribution is -2.43. The lowest BCUT2D eigenvalue weighted by molar-refractivity contribution is -0.148. The van der Waals surface area contributed by atoms with Crippen molar-refractivity contribution < 1.29 is 19.4 Å². The van der Waals surface area contributed by atoms with E-state index in [9.17, 15) is 9.59 Å². The molecule has 1 aliphatic rings. The van der Waals surface area contributed by atoms with Crippen molar-refractivity contribution in [3.05, 3.63) is 0 Å². The second-order valence-corrected chi connectivity index (χ2v) is 3.33. The summed E-state index contributed by atoms with van der Waals surface area (Å²) >= 11 is 0. The van der Waals surface area contributed by atoms with Gasteiger partial charge in [-0.3, -0.25) is 9.59 Å². The van der Waals surface area contributed by atoms with Crippen LogP contribution in [-0.2, 0) is 14.3 Å². The van der Waals surface area contributed by atoms with Crippen LogP contribution in [-0.4, -0.2) is 30.2 Å². The van der Waals surface area contributed by atoms with Crippen molar-refractivity contribution in [3.63, 3.8) is 0 Å². The molecule has 0 atom stereocenters. The van der Waals surface area contributed by atoms with Crippen LogP contribution in [0.25, 0.3) is 0 Å². The number of rotatable bonds is 3. The van der Waals surface area contributed by atoms with E-state index < -0.39 is 17.3 Å². The number of nitrogens with two attached hydrogens (primary N) is 1. The number of carbonyl (C=O) groups excluding carboxylic acids is 1. The predicted molar refractivity (Wildman–Crippen MR) is 43.9 cm³/mol. The fourth-order valence-corrected chi connectivity index (χ4v) is 1.56. The number of amides is 1.